The molecule has 0 spiro atoms. The average molecular weight is 510 g/mol. The number of rotatable bonds is 6. The topological polar surface area (TPSA) is 118 Å². The third kappa shape index (κ3) is 5.13. The Labute approximate surface area is 207 Å². The molecule has 0 saturated carbocycles. The van der Waals surface area contributed by atoms with Crippen molar-refractivity contribution in [3.8, 4) is 11.3 Å². The molecule has 2 aromatic heterocycles. The van der Waals surface area contributed by atoms with E-state index in [-0.39, 0.29) is 11.1 Å². The summed E-state index contributed by atoms with van der Waals surface area (Å²) in [5.74, 6) is -1.57. The van der Waals surface area contributed by atoms with Crippen molar-refractivity contribution in [1.82, 2.24) is 9.71 Å². The second kappa shape index (κ2) is 9.54. The van der Waals surface area contributed by atoms with Crippen molar-refractivity contribution in [2.45, 2.75) is 26.8 Å². The molecule has 1 atom stereocenters. The van der Waals surface area contributed by atoms with E-state index in [0.717, 1.165) is 23.4 Å². The summed E-state index contributed by atoms with van der Waals surface area (Å²) < 4.78 is 45.0. The van der Waals surface area contributed by atoms with E-state index < -0.39 is 33.6 Å². The molecular weight excluding hydrogens is 485 g/mol. The lowest BCUT2D eigenvalue weighted by Gasteiger charge is -2.20. The molecular formula is C26H24FN3O5S. The number of anilines is 1. The molecule has 10 heteroatoms. The number of amides is 1. The molecule has 186 valence electrons. The molecule has 0 aliphatic heterocycles. The predicted molar refractivity (Wildman–Crippen MR) is 136 cm³/mol. The molecule has 1 amide bonds. The van der Waals surface area contributed by atoms with E-state index in [1.165, 1.54) is 6.07 Å². The minimum Gasteiger partial charge on any atom is -0.455 e. The SMILES string of the molecule is Cc1cc([C@@H](C)Nc2ccc(F)nc2C(=O)NS(C)(=O)=O)c2oc(-c3ccccc3)c(C)c(=O)c2c1. The van der Waals surface area contributed by atoms with Gasteiger partial charge < -0.3 is 9.73 Å². The molecule has 8 nitrogen and oxygen atoms in total. The van der Waals surface area contributed by atoms with Crippen LogP contribution in [0.15, 0.2) is 63.8 Å². The van der Waals surface area contributed by atoms with Crippen LogP contribution in [0.2, 0.25) is 0 Å². The van der Waals surface area contributed by atoms with Gasteiger partial charge in [0.1, 0.15) is 11.3 Å². The van der Waals surface area contributed by atoms with E-state index >= 15 is 0 Å². The van der Waals surface area contributed by atoms with E-state index in [2.05, 4.69) is 10.3 Å². The highest BCUT2D eigenvalue weighted by atomic mass is 32.2. The van der Waals surface area contributed by atoms with Gasteiger partial charge >= 0.3 is 0 Å². The number of halogens is 1. The minimum absolute atomic E-state index is 0.109. The first-order valence-corrected chi connectivity index (χ1v) is 12.9. The lowest BCUT2D eigenvalue weighted by Crippen LogP contribution is -2.31. The predicted octanol–water partition coefficient (Wildman–Crippen LogP) is 4.47. The Morgan fingerprint density at radius 3 is 2.44 bits per heavy atom. The smallest absolute Gasteiger partial charge is 0.285 e. The number of carbonyl (C=O) groups excluding carboxylic acids is 1. The summed E-state index contributed by atoms with van der Waals surface area (Å²) in [6.07, 6.45) is 0.813. The van der Waals surface area contributed by atoms with Gasteiger partial charge in [-0.15, -0.1) is 0 Å². The number of nitrogens with zero attached hydrogens (tertiary/aromatic N) is 1. The number of aryl methyl sites for hydroxylation is 1. The van der Waals surface area contributed by atoms with Gasteiger partial charge in [0.25, 0.3) is 5.91 Å². The highest BCUT2D eigenvalue weighted by molar-refractivity contribution is 7.89. The first kappa shape index (κ1) is 25.1. The van der Waals surface area contributed by atoms with E-state index in [0.29, 0.717) is 27.9 Å². The Balaban J connectivity index is 1.83. The van der Waals surface area contributed by atoms with Gasteiger partial charge in [-0.2, -0.15) is 4.39 Å². The first-order chi connectivity index (χ1) is 16.9. The maximum Gasteiger partial charge on any atom is 0.285 e. The van der Waals surface area contributed by atoms with Crippen LogP contribution in [0.1, 0.15) is 40.1 Å². The second-order valence-corrected chi connectivity index (χ2v) is 10.3. The van der Waals surface area contributed by atoms with Crippen molar-refractivity contribution in [2.24, 2.45) is 0 Å². The Morgan fingerprint density at radius 1 is 1.08 bits per heavy atom. The summed E-state index contributed by atoms with van der Waals surface area (Å²) in [4.78, 5) is 29.3. The van der Waals surface area contributed by atoms with Crippen LogP contribution in [0, 0.1) is 19.8 Å². The number of hydrogen-bond acceptors (Lipinski definition) is 7. The van der Waals surface area contributed by atoms with Gasteiger partial charge in [-0.25, -0.2) is 18.1 Å². The van der Waals surface area contributed by atoms with Crippen molar-refractivity contribution in [1.29, 1.82) is 0 Å². The first-order valence-electron chi connectivity index (χ1n) is 11.0. The van der Waals surface area contributed by atoms with Crippen LogP contribution in [-0.4, -0.2) is 25.6 Å². The molecule has 0 unspecified atom stereocenters. The largest absolute Gasteiger partial charge is 0.455 e. The number of fused-ring (bicyclic) bond motifs is 1. The summed E-state index contributed by atoms with van der Waals surface area (Å²) in [5.41, 5.74) is 2.56. The zero-order valence-electron chi connectivity index (χ0n) is 20.0. The van der Waals surface area contributed by atoms with E-state index in [4.69, 9.17) is 4.42 Å². The fourth-order valence-corrected chi connectivity index (χ4v) is 4.44. The molecule has 4 rings (SSSR count). The van der Waals surface area contributed by atoms with E-state index in [9.17, 15) is 22.4 Å². The molecule has 0 radical (unpaired) electrons. The summed E-state index contributed by atoms with van der Waals surface area (Å²) in [7, 11) is -3.90. The number of nitrogens with one attached hydrogen (secondary N) is 2. The average Bonchev–Trinajstić information content (AvgIpc) is 2.81. The zero-order valence-corrected chi connectivity index (χ0v) is 20.9. The van der Waals surface area contributed by atoms with E-state index in [1.807, 2.05) is 43.3 Å². The third-order valence-corrected chi connectivity index (χ3v) is 6.18. The zero-order chi connectivity index (χ0) is 26.2. The fraction of sp³-hybridized carbons (Fsp3) is 0.192. The highest BCUT2D eigenvalue weighted by Crippen LogP contribution is 2.32. The normalized spacial score (nSPS) is 12.4. The van der Waals surface area contributed by atoms with Crippen molar-refractivity contribution in [3.63, 3.8) is 0 Å². The lowest BCUT2D eigenvalue weighted by atomic mass is 9.98. The van der Waals surface area contributed by atoms with Crippen LogP contribution < -0.4 is 15.5 Å². The van der Waals surface area contributed by atoms with Gasteiger partial charge in [-0.05, 0) is 44.5 Å². The number of hydrogen-bond donors (Lipinski definition) is 2. The van der Waals surface area contributed by atoms with Gasteiger partial charge in [0.05, 0.1) is 23.4 Å². The van der Waals surface area contributed by atoms with Crippen LogP contribution in [0.25, 0.3) is 22.3 Å². The molecule has 0 bridgehead atoms. The molecule has 0 fully saturated rings. The minimum atomic E-state index is -3.90. The van der Waals surface area contributed by atoms with Crippen LogP contribution in [-0.2, 0) is 10.0 Å². The summed E-state index contributed by atoms with van der Waals surface area (Å²) in [5, 5.41) is 3.49. The monoisotopic (exact) mass is 509 g/mol. The Morgan fingerprint density at radius 2 is 1.78 bits per heavy atom. The van der Waals surface area contributed by atoms with Crippen LogP contribution in [0.3, 0.4) is 0 Å². The van der Waals surface area contributed by atoms with Gasteiger partial charge in [0, 0.05) is 16.7 Å². The van der Waals surface area contributed by atoms with Gasteiger partial charge in [-0.1, -0.05) is 36.4 Å². The molecule has 0 saturated heterocycles. The molecule has 0 aliphatic rings. The Bertz CT molecular complexity index is 1650. The Kier molecular flexibility index (Phi) is 6.64. The number of benzene rings is 2. The number of pyridine rings is 1. The van der Waals surface area contributed by atoms with Gasteiger partial charge in [0.15, 0.2) is 11.1 Å². The fourth-order valence-electron chi connectivity index (χ4n) is 4.01. The summed E-state index contributed by atoms with van der Waals surface area (Å²) >= 11 is 0. The van der Waals surface area contributed by atoms with Crippen LogP contribution in [0.5, 0.6) is 0 Å². The molecule has 2 heterocycles. The highest BCUT2D eigenvalue weighted by Gasteiger charge is 2.22. The third-order valence-electron chi connectivity index (χ3n) is 5.62. The van der Waals surface area contributed by atoms with E-state index in [1.54, 1.807) is 24.6 Å². The van der Waals surface area contributed by atoms with Crippen molar-refractivity contribution < 1.29 is 22.0 Å². The molecule has 2 N–H and O–H groups in total. The number of aromatic nitrogens is 1. The molecule has 0 aliphatic carbocycles. The van der Waals surface area contributed by atoms with Crippen molar-refractivity contribution in [2.75, 3.05) is 11.6 Å². The van der Waals surface area contributed by atoms with Crippen molar-refractivity contribution >= 4 is 32.6 Å². The number of carbonyl (C=O) groups is 1. The molecule has 36 heavy (non-hydrogen) atoms. The maximum atomic E-state index is 13.8. The summed E-state index contributed by atoms with van der Waals surface area (Å²) in [6.45, 7) is 5.34. The maximum absolute atomic E-state index is 13.8. The van der Waals surface area contributed by atoms with Crippen molar-refractivity contribution in [3.05, 3.63) is 93.2 Å². The molecule has 2 aromatic carbocycles. The quantitative estimate of drug-likeness (QED) is 0.368. The standard InChI is InChI=1S/C26H24FN3O5S/c1-14-12-18(16(3)28-20-10-11-21(27)29-22(20)26(32)30-36(4,33)34)25-19(13-14)23(31)15(2)24(35-25)17-8-6-5-7-9-17/h5-13,16,28H,1-4H3,(H,30,32)/t16-/m1/s1. The van der Waals surface area contributed by atoms with Crippen LogP contribution in [0.4, 0.5) is 10.1 Å². The van der Waals surface area contributed by atoms with Gasteiger partial charge in [-0.3, -0.25) is 9.59 Å². The number of sulfonamides is 1. The second-order valence-electron chi connectivity index (χ2n) is 8.58. The van der Waals surface area contributed by atoms with Gasteiger partial charge in [0.2, 0.25) is 16.0 Å². The molecule has 4 aromatic rings. The lowest BCUT2D eigenvalue weighted by molar-refractivity contribution is 0.0976. The summed E-state index contributed by atoms with van der Waals surface area (Å²) in [6, 6.07) is 14.7. The van der Waals surface area contributed by atoms with Crippen LogP contribution >= 0.6 is 0 Å². The Hall–Kier alpha value is -4.05.